The third kappa shape index (κ3) is 2.48. The van der Waals surface area contributed by atoms with E-state index in [-0.39, 0.29) is 0 Å². The first-order chi connectivity index (χ1) is 9.36. The average Bonchev–Trinajstić information content (AvgIpc) is 2.92. The third-order valence-corrected chi connectivity index (χ3v) is 3.56. The van der Waals surface area contributed by atoms with E-state index in [2.05, 4.69) is 34.2 Å². The van der Waals surface area contributed by atoms with Crippen molar-refractivity contribution in [2.24, 2.45) is 0 Å². The van der Waals surface area contributed by atoms with Crippen LogP contribution in [0.4, 0.5) is 0 Å². The van der Waals surface area contributed by atoms with E-state index in [9.17, 15) is 0 Å². The monoisotopic (exact) mass is 249 g/mol. The van der Waals surface area contributed by atoms with Gasteiger partial charge in [-0.1, -0.05) is 12.1 Å². The van der Waals surface area contributed by atoms with Gasteiger partial charge in [0.05, 0.1) is 11.8 Å². The molecule has 0 N–H and O–H groups in total. The molecule has 0 aliphatic heterocycles. The Kier molecular flexibility index (Phi) is 3.24. The number of fused-ring (bicyclic) bond motifs is 1. The summed E-state index contributed by atoms with van der Waals surface area (Å²) < 4.78 is 0. The lowest BCUT2D eigenvalue weighted by Crippen LogP contribution is -1.96. The van der Waals surface area contributed by atoms with Gasteiger partial charge in [-0.2, -0.15) is 5.26 Å². The molecule has 0 spiro atoms. The molecule has 0 saturated carbocycles. The summed E-state index contributed by atoms with van der Waals surface area (Å²) in [6, 6.07) is 10.7. The topological polar surface area (TPSA) is 49.6 Å². The van der Waals surface area contributed by atoms with Crippen molar-refractivity contribution in [2.45, 2.75) is 32.1 Å². The van der Waals surface area contributed by atoms with Crippen LogP contribution in [-0.4, -0.2) is 9.97 Å². The molecule has 19 heavy (non-hydrogen) atoms. The van der Waals surface area contributed by atoms with Crippen LogP contribution in [0.2, 0.25) is 0 Å². The summed E-state index contributed by atoms with van der Waals surface area (Å²) >= 11 is 0. The van der Waals surface area contributed by atoms with Crippen molar-refractivity contribution in [3.8, 4) is 17.3 Å². The number of benzene rings is 1. The molecule has 0 atom stereocenters. The van der Waals surface area contributed by atoms with Gasteiger partial charge in [0.2, 0.25) is 0 Å². The molecule has 3 heteroatoms. The fourth-order valence-corrected chi connectivity index (χ4v) is 2.58. The molecule has 94 valence electrons. The molecule has 1 aromatic heterocycles. The van der Waals surface area contributed by atoms with Crippen molar-refractivity contribution in [1.29, 1.82) is 5.26 Å². The second-order valence-electron chi connectivity index (χ2n) is 4.85. The second-order valence-corrected chi connectivity index (χ2v) is 4.85. The molecule has 1 aromatic carbocycles. The van der Waals surface area contributed by atoms with Crippen molar-refractivity contribution in [1.82, 2.24) is 9.97 Å². The van der Waals surface area contributed by atoms with E-state index in [0.29, 0.717) is 12.8 Å². The first kappa shape index (κ1) is 11.9. The SMILES string of the molecule is N#CCCc1nccc(-c2ccc3c(c2)CCC3)n1. The summed E-state index contributed by atoms with van der Waals surface area (Å²) in [5.74, 6) is 0.750. The Morgan fingerprint density at radius 3 is 2.95 bits per heavy atom. The average molecular weight is 249 g/mol. The van der Waals surface area contributed by atoms with Gasteiger partial charge in [-0.25, -0.2) is 9.97 Å². The van der Waals surface area contributed by atoms with Crippen LogP contribution >= 0.6 is 0 Å². The summed E-state index contributed by atoms with van der Waals surface area (Å²) in [5, 5.41) is 8.61. The first-order valence-corrected chi connectivity index (χ1v) is 6.68. The van der Waals surface area contributed by atoms with Crippen LogP contribution in [0, 0.1) is 11.3 Å². The predicted molar refractivity (Wildman–Crippen MR) is 73.4 cm³/mol. The normalized spacial score (nSPS) is 13.0. The summed E-state index contributed by atoms with van der Waals surface area (Å²) in [4.78, 5) is 8.76. The highest BCUT2D eigenvalue weighted by atomic mass is 14.9. The molecule has 1 aliphatic carbocycles. The van der Waals surface area contributed by atoms with Gasteiger partial charge in [-0.3, -0.25) is 0 Å². The summed E-state index contributed by atoms with van der Waals surface area (Å²) in [7, 11) is 0. The molecule has 0 bridgehead atoms. The van der Waals surface area contributed by atoms with Crippen molar-refractivity contribution in [2.75, 3.05) is 0 Å². The Hall–Kier alpha value is -2.21. The second kappa shape index (κ2) is 5.19. The fraction of sp³-hybridized carbons (Fsp3) is 0.312. The summed E-state index contributed by atoms with van der Waals surface area (Å²) in [6.07, 6.45) is 6.50. The zero-order chi connectivity index (χ0) is 13.1. The van der Waals surface area contributed by atoms with Crippen LogP contribution in [-0.2, 0) is 19.3 Å². The highest BCUT2D eigenvalue weighted by Gasteiger charge is 2.12. The smallest absolute Gasteiger partial charge is 0.129 e. The Morgan fingerprint density at radius 1 is 1.16 bits per heavy atom. The Morgan fingerprint density at radius 2 is 2.05 bits per heavy atom. The lowest BCUT2D eigenvalue weighted by Gasteiger charge is -2.05. The minimum absolute atomic E-state index is 0.466. The predicted octanol–water partition coefficient (Wildman–Crippen LogP) is 3.09. The molecular formula is C16H15N3. The lowest BCUT2D eigenvalue weighted by molar-refractivity contribution is 0.887. The third-order valence-electron chi connectivity index (χ3n) is 3.56. The Balaban J connectivity index is 1.91. The Bertz CT molecular complexity index is 641. The van der Waals surface area contributed by atoms with Gasteiger partial charge in [0.25, 0.3) is 0 Å². The maximum Gasteiger partial charge on any atom is 0.129 e. The van der Waals surface area contributed by atoms with Gasteiger partial charge in [0.15, 0.2) is 0 Å². The molecule has 0 amide bonds. The van der Waals surface area contributed by atoms with Gasteiger partial charge < -0.3 is 0 Å². The molecule has 0 radical (unpaired) electrons. The summed E-state index contributed by atoms with van der Waals surface area (Å²) in [6.45, 7) is 0. The number of hydrogen-bond acceptors (Lipinski definition) is 3. The maximum absolute atomic E-state index is 8.61. The molecule has 2 aromatic rings. The fourth-order valence-electron chi connectivity index (χ4n) is 2.58. The van der Waals surface area contributed by atoms with Gasteiger partial charge in [0, 0.05) is 24.6 Å². The first-order valence-electron chi connectivity index (χ1n) is 6.68. The molecule has 3 rings (SSSR count). The van der Waals surface area contributed by atoms with E-state index in [0.717, 1.165) is 17.1 Å². The quantitative estimate of drug-likeness (QED) is 0.839. The van der Waals surface area contributed by atoms with E-state index in [1.54, 1.807) is 6.20 Å². The largest absolute Gasteiger partial charge is 0.241 e. The zero-order valence-corrected chi connectivity index (χ0v) is 10.8. The van der Waals surface area contributed by atoms with Crippen LogP contribution in [0.1, 0.15) is 29.8 Å². The van der Waals surface area contributed by atoms with Gasteiger partial charge >= 0.3 is 0 Å². The van der Waals surface area contributed by atoms with Crippen LogP contribution in [0.5, 0.6) is 0 Å². The van der Waals surface area contributed by atoms with Crippen molar-refractivity contribution in [3.05, 3.63) is 47.4 Å². The molecule has 1 heterocycles. The Labute approximate surface area is 113 Å². The lowest BCUT2D eigenvalue weighted by atomic mass is 10.0. The number of hydrogen-bond donors (Lipinski definition) is 0. The van der Waals surface area contributed by atoms with Gasteiger partial charge in [-0.15, -0.1) is 0 Å². The minimum atomic E-state index is 0.466. The number of aromatic nitrogens is 2. The molecule has 0 unspecified atom stereocenters. The zero-order valence-electron chi connectivity index (χ0n) is 10.8. The van der Waals surface area contributed by atoms with Crippen molar-refractivity contribution in [3.63, 3.8) is 0 Å². The van der Waals surface area contributed by atoms with Gasteiger partial charge in [-0.05, 0) is 42.5 Å². The molecule has 1 aliphatic rings. The van der Waals surface area contributed by atoms with E-state index in [1.807, 2.05) is 6.07 Å². The number of aryl methyl sites for hydroxylation is 3. The number of nitrogens with zero attached hydrogens (tertiary/aromatic N) is 3. The standard InChI is InChI=1S/C16H15N3/c17-9-2-5-16-18-10-8-15(19-16)14-7-6-12-3-1-4-13(12)11-14/h6-8,10-11H,1-5H2. The van der Waals surface area contributed by atoms with Crippen molar-refractivity contribution < 1.29 is 0 Å². The molecule has 0 saturated heterocycles. The van der Waals surface area contributed by atoms with E-state index in [4.69, 9.17) is 5.26 Å². The number of rotatable bonds is 3. The van der Waals surface area contributed by atoms with Crippen molar-refractivity contribution >= 4 is 0 Å². The highest BCUT2D eigenvalue weighted by molar-refractivity contribution is 5.61. The highest BCUT2D eigenvalue weighted by Crippen LogP contribution is 2.27. The summed E-state index contributed by atoms with van der Waals surface area (Å²) in [5.41, 5.74) is 5.04. The van der Waals surface area contributed by atoms with Crippen LogP contribution in [0.25, 0.3) is 11.3 Å². The van der Waals surface area contributed by atoms with Crippen LogP contribution in [0.3, 0.4) is 0 Å². The maximum atomic E-state index is 8.61. The number of nitriles is 1. The van der Waals surface area contributed by atoms with E-state index in [1.165, 1.54) is 30.4 Å². The van der Waals surface area contributed by atoms with E-state index >= 15 is 0 Å². The van der Waals surface area contributed by atoms with Gasteiger partial charge in [0.1, 0.15) is 5.82 Å². The molecular weight excluding hydrogens is 234 g/mol. The minimum Gasteiger partial charge on any atom is -0.241 e. The van der Waals surface area contributed by atoms with Crippen LogP contribution < -0.4 is 0 Å². The molecule has 0 fully saturated rings. The van der Waals surface area contributed by atoms with Crippen LogP contribution in [0.15, 0.2) is 30.5 Å². The molecule has 3 nitrogen and oxygen atoms in total. The van der Waals surface area contributed by atoms with E-state index < -0.39 is 0 Å².